The Morgan fingerprint density at radius 2 is 1.79 bits per heavy atom. The lowest BCUT2D eigenvalue weighted by Crippen LogP contribution is -2.31. The van der Waals surface area contributed by atoms with Crippen LogP contribution in [0.2, 0.25) is 0 Å². The van der Waals surface area contributed by atoms with E-state index in [-0.39, 0.29) is 0 Å². The molecule has 0 radical (unpaired) electrons. The molecule has 0 bridgehead atoms. The monoisotopic (exact) mass is 252 g/mol. The first kappa shape index (κ1) is 12.2. The molecule has 19 heavy (non-hydrogen) atoms. The standard InChI is InChI=1S/C17H20N2/c1-19(12-13-5-3-2-4-6-13)17-10-14-7-8-16(18)9-15(14)11-17/h2-9,17H,10-12,18H2,1H3. The molecule has 1 aliphatic rings. The van der Waals surface area contributed by atoms with Gasteiger partial charge in [-0.3, -0.25) is 4.90 Å². The molecule has 0 fully saturated rings. The molecule has 3 rings (SSSR count). The largest absolute Gasteiger partial charge is 0.399 e. The average molecular weight is 252 g/mol. The molecule has 2 heteroatoms. The Hall–Kier alpha value is -1.80. The quantitative estimate of drug-likeness (QED) is 0.851. The molecule has 1 unspecified atom stereocenters. The fourth-order valence-electron chi connectivity index (χ4n) is 2.93. The van der Waals surface area contributed by atoms with Gasteiger partial charge in [0.25, 0.3) is 0 Å². The molecule has 1 atom stereocenters. The summed E-state index contributed by atoms with van der Waals surface area (Å²) in [5.74, 6) is 0. The summed E-state index contributed by atoms with van der Waals surface area (Å²) in [6, 6.07) is 17.6. The summed E-state index contributed by atoms with van der Waals surface area (Å²) in [6.45, 7) is 1.01. The van der Waals surface area contributed by atoms with Gasteiger partial charge in [-0.2, -0.15) is 0 Å². The van der Waals surface area contributed by atoms with Gasteiger partial charge in [-0.1, -0.05) is 36.4 Å². The van der Waals surface area contributed by atoms with Gasteiger partial charge in [0.15, 0.2) is 0 Å². The molecule has 0 spiro atoms. The van der Waals surface area contributed by atoms with Crippen molar-refractivity contribution in [3.8, 4) is 0 Å². The highest BCUT2D eigenvalue weighted by molar-refractivity contribution is 5.47. The van der Waals surface area contributed by atoms with E-state index in [0.29, 0.717) is 6.04 Å². The van der Waals surface area contributed by atoms with Crippen LogP contribution < -0.4 is 5.73 Å². The minimum absolute atomic E-state index is 0.594. The lowest BCUT2D eigenvalue weighted by molar-refractivity contribution is 0.241. The Labute approximate surface area is 114 Å². The number of hydrogen-bond acceptors (Lipinski definition) is 2. The molecule has 0 saturated heterocycles. The number of hydrogen-bond donors (Lipinski definition) is 1. The van der Waals surface area contributed by atoms with Crippen molar-refractivity contribution in [2.24, 2.45) is 0 Å². The van der Waals surface area contributed by atoms with Crippen molar-refractivity contribution in [1.29, 1.82) is 0 Å². The predicted octanol–water partition coefficient (Wildman–Crippen LogP) is 2.87. The third-order valence-electron chi connectivity index (χ3n) is 4.04. The van der Waals surface area contributed by atoms with Crippen LogP contribution in [0.1, 0.15) is 16.7 Å². The summed E-state index contributed by atoms with van der Waals surface area (Å²) in [4.78, 5) is 2.45. The van der Waals surface area contributed by atoms with Crippen LogP contribution in [-0.2, 0) is 19.4 Å². The van der Waals surface area contributed by atoms with Crippen molar-refractivity contribution < 1.29 is 0 Å². The van der Waals surface area contributed by atoms with Crippen molar-refractivity contribution >= 4 is 5.69 Å². The Kier molecular flexibility index (Phi) is 3.26. The van der Waals surface area contributed by atoms with Crippen LogP contribution in [0.5, 0.6) is 0 Å². The molecule has 0 amide bonds. The summed E-state index contributed by atoms with van der Waals surface area (Å²) in [6.07, 6.45) is 2.25. The second kappa shape index (κ2) is 5.06. The van der Waals surface area contributed by atoms with E-state index < -0.39 is 0 Å². The maximum Gasteiger partial charge on any atom is 0.0316 e. The van der Waals surface area contributed by atoms with Gasteiger partial charge in [-0.25, -0.2) is 0 Å². The molecule has 0 saturated carbocycles. The summed E-state index contributed by atoms with van der Waals surface area (Å²) in [5.41, 5.74) is 11.0. The van der Waals surface area contributed by atoms with Crippen LogP contribution in [0.4, 0.5) is 5.69 Å². The second-order valence-corrected chi connectivity index (χ2v) is 5.49. The molecule has 2 nitrogen and oxygen atoms in total. The lowest BCUT2D eigenvalue weighted by atomic mass is 10.1. The normalized spacial score (nSPS) is 17.7. The number of nitrogen functional groups attached to an aromatic ring is 1. The van der Waals surface area contributed by atoms with Crippen molar-refractivity contribution in [3.63, 3.8) is 0 Å². The first-order valence-electron chi connectivity index (χ1n) is 6.84. The number of likely N-dealkylation sites (N-methyl/N-ethyl adjacent to an activating group) is 1. The molecule has 98 valence electrons. The van der Waals surface area contributed by atoms with Gasteiger partial charge in [0.05, 0.1) is 0 Å². The molecule has 1 aliphatic carbocycles. The van der Waals surface area contributed by atoms with Crippen molar-refractivity contribution in [3.05, 3.63) is 65.2 Å². The molecule has 0 aliphatic heterocycles. The van der Waals surface area contributed by atoms with Crippen LogP contribution in [0.3, 0.4) is 0 Å². The van der Waals surface area contributed by atoms with E-state index in [2.05, 4.69) is 54.4 Å². The molecule has 0 aromatic heterocycles. The number of fused-ring (bicyclic) bond motifs is 1. The summed E-state index contributed by atoms with van der Waals surface area (Å²) < 4.78 is 0. The number of rotatable bonds is 3. The summed E-state index contributed by atoms with van der Waals surface area (Å²) in [7, 11) is 2.22. The highest BCUT2D eigenvalue weighted by Gasteiger charge is 2.24. The van der Waals surface area contributed by atoms with Crippen LogP contribution >= 0.6 is 0 Å². The molecular formula is C17H20N2. The van der Waals surface area contributed by atoms with E-state index in [0.717, 1.165) is 25.1 Å². The molecule has 2 aromatic carbocycles. The van der Waals surface area contributed by atoms with E-state index >= 15 is 0 Å². The van der Waals surface area contributed by atoms with Gasteiger partial charge in [-0.15, -0.1) is 0 Å². The van der Waals surface area contributed by atoms with Gasteiger partial charge in [0, 0.05) is 18.3 Å². The Morgan fingerprint density at radius 1 is 1.05 bits per heavy atom. The van der Waals surface area contributed by atoms with Crippen LogP contribution in [0, 0.1) is 0 Å². The van der Waals surface area contributed by atoms with Gasteiger partial charge < -0.3 is 5.73 Å². The van der Waals surface area contributed by atoms with Gasteiger partial charge >= 0.3 is 0 Å². The first-order valence-corrected chi connectivity index (χ1v) is 6.84. The molecule has 2 aromatic rings. The third-order valence-corrected chi connectivity index (χ3v) is 4.04. The predicted molar refractivity (Wildman–Crippen MR) is 80.0 cm³/mol. The maximum atomic E-state index is 5.86. The Balaban J connectivity index is 1.69. The zero-order chi connectivity index (χ0) is 13.2. The minimum Gasteiger partial charge on any atom is -0.399 e. The number of benzene rings is 2. The molecule has 0 heterocycles. The van der Waals surface area contributed by atoms with Crippen LogP contribution in [-0.4, -0.2) is 18.0 Å². The Bertz CT molecular complexity index is 563. The second-order valence-electron chi connectivity index (χ2n) is 5.49. The van der Waals surface area contributed by atoms with Gasteiger partial charge in [-0.05, 0) is 48.7 Å². The van der Waals surface area contributed by atoms with E-state index in [1.165, 1.54) is 16.7 Å². The van der Waals surface area contributed by atoms with E-state index in [9.17, 15) is 0 Å². The average Bonchev–Trinajstić information content (AvgIpc) is 2.83. The van der Waals surface area contributed by atoms with Crippen molar-refractivity contribution in [2.75, 3.05) is 12.8 Å². The van der Waals surface area contributed by atoms with E-state index in [4.69, 9.17) is 5.73 Å². The molecule has 2 N–H and O–H groups in total. The SMILES string of the molecule is CN(Cc1ccccc1)C1Cc2ccc(N)cc2C1. The fraction of sp³-hybridized carbons (Fsp3) is 0.294. The lowest BCUT2D eigenvalue weighted by Gasteiger charge is -2.24. The fourth-order valence-corrected chi connectivity index (χ4v) is 2.93. The Morgan fingerprint density at radius 3 is 2.58 bits per heavy atom. The highest BCUT2D eigenvalue weighted by atomic mass is 15.1. The summed E-state index contributed by atoms with van der Waals surface area (Å²) >= 11 is 0. The number of nitrogens with zero attached hydrogens (tertiary/aromatic N) is 1. The van der Waals surface area contributed by atoms with Crippen molar-refractivity contribution in [1.82, 2.24) is 4.90 Å². The summed E-state index contributed by atoms with van der Waals surface area (Å²) in [5, 5.41) is 0. The maximum absolute atomic E-state index is 5.86. The first-order chi connectivity index (χ1) is 9.22. The third kappa shape index (κ3) is 2.64. The highest BCUT2D eigenvalue weighted by Crippen LogP contribution is 2.27. The van der Waals surface area contributed by atoms with Gasteiger partial charge in [0.1, 0.15) is 0 Å². The molecular weight excluding hydrogens is 232 g/mol. The smallest absolute Gasteiger partial charge is 0.0316 e. The van der Waals surface area contributed by atoms with E-state index in [1.54, 1.807) is 0 Å². The van der Waals surface area contributed by atoms with E-state index in [1.807, 2.05) is 6.07 Å². The zero-order valence-corrected chi connectivity index (χ0v) is 11.3. The van der Waals surface area contributed by atoms with Crippen LogP contribution in [0.15, 0.2) is 48.5 Å². The number of anilines is 1. The minimum atomic E-state index is 0.594. The van der Waals surface area contributed by atoms with Crippen molar-refractivity contribution in [2.45, 2.75) is 25.4 Å². The van der Waals surface area contributed by atoms with Gasteiger partial charge in [0.2, 0.25) is 0 Å². The topological polar surface area (TPSA) is 29.3 Å². The number of nitrogens with two attached hydrogens (primary N) is 1. The van der Waals surface area contributed by atoms with Crippen LogP contribution in [0.25, 0.3) is 0 Å². The zero-order valence-electron chi connectivity index (χ0n) is 11.3.